The molecule has 0 bridgehead atoms. The molecule has 2 rings (SSSR count). The first-order valence-corrected chi connectivity index (χ1v) is 7.01. The number of aromatic nitrogens is 2. The largest absolute Gasteiger partial charge is 0.381 e. The topological polar surface area (TPSA) is 82.2 Å². The van der Waals surface area contributed by atoms with E-state index in [1.165, 1.54) is 0 Å². The van der Waals surface area contributed by atoms with Gasteiger partial charge in [-0.25, -0.2) is 4.98 Å². The molecule has 0 aliphatic carbocycles. The van der Waals surface area contributed by atoms with Crippen molar-refractivity contribution in [3.8, 4) is 0 Å². The fraction of sp³-hybridized carbons (Fsp3) is 0.714. The molecule has 20 heavy (non-hydrogen) atoms. The smallest absolute Gasteiger partial charge is 0.227 e. The summed E-state index contributed by atoms with van der Waals surface area (Å²) in [4.78, 5) is 16.1. The third kappa shape index (κ3) is 3.02. The van der Waals surface area contributed by atoms with E-state index in [1.807, 2.05) is 18.4 Å². The quantitative estimate of drug-likeness (QED) is 0.831. The number of rotatable bonds is 5. The van der Waals surface area contributed by atoms with Crippen molar-refractivity contribution in [3.05, 3.63) is 18.2 Å². The van der Waals surface area contributed by atoms with Gasteiger partial charge < -0.3 is 20.4 Å². The Labute approximate surface area is 119 Å². The lowest BCUT2D eigenvalue weighted by Crippen LogP contribution is -2.38. The van der Waals surface area contributed by atoms with Gasteiger partial charge in [0.05, 0.1) is 30.1 Å². The number of nitrogens with two attached hydrogens (primary N) is 1. The van der Waals surface area contributed by atoms with Gasteiger partial charge in [0, 0.05) is 32.3 Å². The Bertz CT molecular complexity index is 463. The number of hydrogen-bond acceptors (Lipinski definition) is 4. The summed E-state index contributed by atoms with van der Waals surface area (Å²) < 4.78 is 7.38. The fourth-order valence-electron chi connectivity index (χ4n) is 2.65. The third-order valence-electron chi connectivity index (χ3n) is 3.97. The van der Waals surface area contributed by atoms with E-state index in [4.69, 9.17) is 10.5 Å². The number of carbonyl (C=O) groups is 1. The summed E-state index contributed by atoms with van der Waals surface area (Å²) in [5.74, 6) is 0.337. The number of imidazole rings is 1. The average Bonchev–Trinajstić information content (AvgIpc) is 3.07. The van der Waals surface area contributed by atoms with Gasteiger partial charge in [-0.05, 0) is 20.3 Å². The van der Waals surface area contributed by atoms with Gasteiger partial charge >= 0.3 is 0 Å². The second-order valence-electron chi connectivity index (χ2n) is 6.06. The monoisotopic (exact) mass is 280 g/mol. The Balaban J connectivity index is 2.14. The van der Waals surface area contributed by atoms with E-state index in [-0.39, 0.29) is 11.9 Å². The Kier molecular flexibility index (Phi) is 4.45. The highest BCUT2D eigenvalue weighted by Gasteiger charge is 2.31. The molecule has 1 aliphatic heterocycles. The summed E-state index contributed by atoms with van der Waals surface area (Å²) in [5, 5.41) is 2.70. The summed E-state index contributed by atoms with van der Waals surface area (Å²) in [7, 11) is 1.65. The Hall–Kier alpha value is -1.40. The number of nitrogens with zero attached hydrogens (tertiary/aromatic N) is 2. The van der Waals surface area contributed by atoms with E-state index in [0.717, 1.165) is 18.7 Å². The Morgan fingerprint density at radius 2 is 2.45 bits per heavy atom. The molecule has 2 unspecified atom stereocenters. The van der Waals surface area contributed by atoms with Gasteiger partial charge in [0.15, 0.2) is 0 Å². The molecule has 6 heteroatoms. The van der Waals surface area contributed by atoms with Gasteiger partial charge in [-0.1, -0.05) is 0 Å². The van der Waals surface area contributed by atoms with Crippen molar-refractivity contribution in [2.45, 2.75) is 32.9 Å². The van der Waals surface area contributed by atoms with Crippen LogP contribution in [0.2, 0.25) is 0 Å². The van der Waals surface area contributed by atoms with Crippen molar-refractivity contribution in [2.24, 2.45) is 17.1 Å². The van der Waals surface area contributed by atoms with E-state index < -0.39 is 5.41 Å². The lowest BCUT2D eigenvalue weighted by atomic mass is 9.91. The van der Waals surface area contributed by atoms with Gasteiger partial charge in [0.25, 0.3) is 0 Å². The van der Waals surface area contributed by atoms with Crippen LogP contribution >= 0.6 is 0 Å². The van der Waals surface area contributed by atoms with Gasteiger partial charge in [0.1, 0.15) is 0 Å². The highest BCUT2D eigenvalue weighted by atomic mass is 16.5. The lowest BCUT2D eigenvalue weighted by molar-refractivity contribution is -0.129. The Morgan fingerprint density at radius 1 is 1.70 bits per heavy atom. The van der Waals surface area contributed by atoms with Crippen molar-refractivity contribution < 1.29 is 9.53 Å². The van der Waals surface area contributed by atoms with Gasteiger partial charge in [-0.2, -0.15) is 0 Å². The third-order valence-corrected chi connectivity index (χ3v) is 3.97. The molecule has 0 radical (unpaired) electrons. The standard InChI is InChI=1S/C14H24N4O2/c1-14(2,13(19)16-3)8-18-9-17-6-11(18)12(15)10-4-5-20-7-10/h6,9-10,12H,4-5,7-8,15H2,1-3H3,(H,16,19). The van der Waals surface area contributed by atoms with E-state index in [0.29, 0.717) is 19.1 Å². The summed E-state index contributed by atoms with van der Waals surface area (Å²) in [6.45, 7) is 5.87. The van der Waals surface area contributed by atoms with Crippen LogP contribution in [-0.2, 0) is 16.1 Å². The molecule has 0 aromatic carbocycles. The molecule has 0 saturated carbocycles. The van der Waals surface area contributed by atoms with Gasteiger partial charge in [-0.3, -0.25) is 4.79 Å². The predicted octanol–water partition coefficient (Wildman–Crippen LogP) is 0.692. The van der Waals surface area contributed by atoms with Crippen molar-refractivity contribution in [1.82, 2.24) is 14.9 Å². The maximum atomic E-state index is 11.9. The summed E-state index contributed by atoms with van der Waals surface area (Å²) in [5.41, 5.74) is 6.80. The molecule has 1 aromatic rings. The first kappa shape index (κ1) is 15.0. The molecule has 1 aromatic heterocycles. The molecule has 1 aliphatic rings. The molecule has 112 valence electrons. The zero-order valence-electron chi connectivity index (χ0n) is 12.4. The molecule has 2 atom stereocenters. The van der Waals surface area contributed by atoms with Crippen LogP contribution in [0.1, 0.15) is 32.0 Å². The first-order valence-electron chi connectivity index (χ1n) is 7.01. The number of carbonyl (C=O) groups excluding carboxylic acids is 1. The molecule has 1 amide bonds. The van der Waals surface area contributed by atoms with Crippen molar-refractivity contribution in [3.63, 3.8) is 0 Å². The van der Waals surface area contributed by atoms with E-state index in [9.17, 15) is 4.79 Å². The molecule has 3 N–H and O–H groups in total. The Morgan fingerprint density at radius 3 is 3.05 bits per heavy atom. The SMILES string of the molecule is CNC(=O)C(C)(C)Cn1cncc1C(N)C1CCOC1. The van der Waals surface area contributed by atoms with Gasteiger partial charge in [-0.15, -0.1) is 0 Å². The molecule has 1 fully saturated rings. The van der Waals surface area contributed by atoms with Crippen LogP contribution in [0.15, 0.2) is 12.5 Å². The summed E-state index contributed by atoms with van der Waals surface area (Å²) in [6, 6.07) is -0.0968. The highest BCUT2D eigenvalue weighted by Crippen LogP contribution is 2.28. The van der Waals surface area contributed by atoms with Crippen LogP contribution in [-0.4, -0.2) is 35.7 Å². The minimum absolute atomic E-state index is 0.00919. The van der Waals surface area contributed by atoms with Crippen molar-refractivity contribution in [2.75, 3.05) is 20.3 Å². The van der Waals surface area contributed by atoms with Crippen molar-refractivity contribution in [1.29, 1.82) is 0 Å². The average molecular weight is 280 g/mol. The van der Waals surface area contributed by atoms with Crippen LogP contribution in [0.25, 0.3) is 0 Å². The predicted molar refractivity (Wildman–Crippen MR) is 75.9 cm³/mol. The second kappa shape index (κ2) is 5.93. The van der Waals surface area contributed by atoms with Gasteiger partial charge in [0.2, 0.25) is 5.91 Å². The lowest BCUT2D eigenvalue weighted by Gasteiger charge is -2.26. The molecular weight excluding hydrogens is 256 g/mol. The van der Waals surface area contributed by atoms with E-state index in [2.05, 4.69) is 10.3 Å². The first-order chi connectivity index (χ1) is 9.45. The van der Waals surface area contributed by atoms with Crippen LogP contribution in [0.5, 0.6) is 0 Å². The zero-order valence-corrected chi connectivity index (χ0v) is 12.4. The molecule has 1 saturated heterocycles. The van der Waals surface area contributed by atoms with E-state index >= 15 is 0 Å². The maximum Gasteiger partial charge on any atom is 0.227 e. The van der Waals surface area contributed by atoms with Crippen LogP contribution in [0.3, 0.4) is 0 Å². The van der Waals surface area contributed by atoms with E-state index in [1.54, 1.807) is 19.6 Å². The fourth-order valence-corrected chi connectivity index (χ4v) is 2.65. The number of hydrogen-bond donors (Lipinski definition) is 2. The van der Waals surface area contributed by atoms with Crippen LogP contribution in [0, 0.1) is 11.3 Å². The second-order valence-corrected chi connectivity index (χ2v) is 6.06. The minimum atomic E-state index is -0.504. The molecule has 0 spiro atoms. The maximum absolute atomic E-state index is 11.9. The minimum Gasteiger partial charge on any atom is -0.381 e. The number of nitrogens with one attached hydrogen (secondary N) is 1. The molecule has 2 heterocycles. The zero-order chi connectivity index (χ0) is 14.8. The highest BCUT2D eigenvalue weighted by molar-refractivity contribution is 5.81. The van der Waals surface area contributed by atoms with Crippen LogP contribution < -0.4 is 11.1 Å². The summed E-state index contributed by atoms with van der Waals surface area (Å²) in [6.07, 6.45) is 4.52. The molecular formula is C14H24N4O2. The molecule has 6 nitrogen and oxygen atoms in total. The van der Waals surface area contributed by atoms with Crippen LogP contribution in [0.4, 0.5) is 0 Å². The summed E-state index contributed by atoms with van der Waals surface area (Å²) >= 11 is 0. The number of ether oxygens (including phenoxy) is 1. The number of amides is 1. The normalized spacial score (nSPS) is 20.9. The van der Waals surface area contributed by atoms with Crippen molar-refractivity contribution >= 4 is 5.91 Å².